The molecule has 118 valence electrons. The number of nitrogens with one attached hydrogen (secondary N) is 1. The molecule has 0 radical (unpaired) electrons. The van der Waals surface area contributed by atoms with Crippen LogP contribution in [-0.2, 0) is 10.0 Å². The standard InChI is InChI=1S/C16H14N2O3S2/c1-10(19)12-4-3-5-14(8-12)23(20,21)18-13-6-7-15-16(9-13)22-11(2)17-15/h3-9,18H,1-2H3. The Morgan fingerprint density at radius 1 is 1.17 bits per heavy atom. The summed E-state index contributed by atoms with van der Waals surface area (Å²) in [5.41, 5.74) is 1.67. The number of hydrogen-bond acceptors (Lipinski definition) is 5. The van der Waals surface area contributed by atoms with Gasteiger partial charge < -0.3 is 0 Å². The smallest absolute Gasteiger partial charge is 0.261 e. The predicted molar refractivity (Wildman–Crippen MR) is 91.6 cm³/mol. The van der Waals surface area contributed by atoms with Crippen LogP contribution in [-0.4, -0.2) is 19.2 Å². The molecule has 5 nitrogen and oxygen atoms in total. The van der Waals surface area contributed by atoms with Gasteiger partial charge in [0.1, 0.15) is 0 Å². The molecule has 1 heterocycles. The fraction of sp³-hybridized carbons (Fsp3) is 0.125. The van der Waals surface area contributed by atoms with Crippen LogP contribution >= 0.6 is 11.3 Å². The molecular formula is C16H14N2O3S2. The van der Waals surface area contributed by atoms with Crippen LogP contribution in [0.5, 0.6) is 0 Å². The summed E-state index contributed by atoms with van der Waals surface area (Å²) in [7, 11) is -3.75. The molecule has 0 saturated heterocycles. The molecule has 3 rings (SSSR count). The van der Waals surface area contributed by atoms with E-state index in [-0.39, 0.29) is 10.7 Å². The number of benzene rings is 2. The number of carbonyl (C=O) groups excluding carboxylic acids is 1. The molecule has 0 aliphatic rings. The molecule has 3 aromatic rings. The molecule has 0 unspecified atom stereocenters. The molecule has 23 heavy (non-hydrogen) atoms. The van der Waals surface area contributed by atoms with Crippen LogP contribution < -0.4 is 4.72 Å². The van der Waals surface area contributed by atoms with Gasteiger partial charge >= 0.3 is 0 Å². The van der Waals surface area contributed by atoms with Gasteiger partial charge in [-0.25, -0.2) is 13.4 Å². The lowest BCUT2D eigenvalue weighted by Crippen LogP contribution is -2.13. The molecule has 0 saturated carbocycles. The van der Waals surface area contributed by atoms with Gasteiger partial charge in [0, 0.05) is 5.56 Å². The Morgan fingerprint density at radius 2 is 1.96 bits per heavy atom. The molecule has 0 amide bonds. The molecule has 2 aromatic carbocycles. The summed E-state index contributed by atoms with van der Waals surface area (Å²) in [4.78, 5) is 15.8. The second-order valence-electron chi connectivity index (χ2n) is 5.10. The molecule has 1 N–H and O–H groups in total. The molecule has 7 heteroatoms. The third-order valence-corrected chi connectivity index (χ3v) is 5.61. The largest absolute Gasteiger partial charge is 0.295 e. The quantitative estimate of drug-likeness (QED) is 0.732. The lowest BCUT2D eigenvalue weighted by atomic mass is 10.2. The zero-order chi connectivity index (χ0) is 16.6. The second-order valence-corrected chi connectivity index (χ2v) is 8.02. The fourth-order valence-electron chi connectivity index (χ4n) is 2.20. The minimum absolute atomic E-state index is 0.0609. The van der Waals surface area contributed by atoms with E-state index in [4.69, 9.17) is 0 Å². The second kappa shape index (κ2) is 5.75. The number of aryl methyl sites for hydroxylation is 1. The van der Waals surface area contributed by atoms with E-state index in [9.17, 15) is 13.2 Å². The van der Waals surface area contributed by atoms with Gasteiger partial charge in [-0.1, -0.05) is 12.1 Å². The number of sulfonamides is 1. The van der Waals surface area contributed by atoms with Crippen molar-refractivity contribution in [1.82, 2.24) is 4.98 Å². The number of carbonyl (C=O) groups is 1. The van der Waals surface area contributed by atoms with E-state index in [1.54, 1.807) is 30.3 Å². The summed E-state index contributed by atoms with van der Waals surface area (Å²) < 4.78 is 28.4. The van der Waals surface area contributed by atoms with Crippen LogP contribution in [0.3, 0.4) is 0 Å². The Bertz CT molecular complexity index is 1010. The Hall–Kier alpha value is -2.25. The van der Waals surface area contributed by atoms with E-state index in [0.29, 0.717) is 11.3 Å². The Labute approximate surface area is 138 Å². The van der Waals surface area contributed by atoms with Crippen LogP contribution in [0.4, 0.5) is 5.69 Å². The van der Waals surface area contributed by atoms with Crippen LogP contribution in [0.2, 0.25) is 0 Å². The van der Waals surface area contributed by atoms with Crippen molar-refractivity contribution in [3.63, 3.8) is 0 Å². The molecule has 0 spiro atoms. The number of anilines is 1. The van der Waals surface area contributed by atoms with Crippen LogP contribution in [0.15, 0.2) is 47.4 Å². The van der Waals surface area contributed by atoms with Crippen LogP contribution in [0.1, 0.15) is 22.3 Å². The zero-order valence-electron chi connectivity index (χ0n) is 12.5. The summed E-state index contributed by atoms with van der Waals surface area (Å²) >= 11 is 1.50. The number of thiazole rings is 1. The third kappa shape index (κ3) is 3.25. The van der Waals surface area contributed by atoms with Crippen molar-refractivity contribution in [2.45, 2.75) is 18.7 Å². The maximum atomic E-state index is 12.5. The number of nitrogens with zero attached hydrogens (tertiary/aromatic N) is 1. The van der Waals surface area contributed by atoms with Gasteiger partial charge in [-0.05, 0) is 44.2 Å². The SMILES string of the molecule is CC(=O)c1cccc(S(=O)(=O)Nc2ccc3nc(C)sc3c2)c1. The average molecular weight is 346 g/mol. The van der Waals surface area contributed by atoms with Gasteiger partial charge in [-0.15, -0.1) is 11.3 Å². The number of Topliss-reactive ketones (excluding diaryl/α,β-unsaturated/α-hetero) is 1. The van der Waals surface area contributed by atoms with Crippen LogP contribution in [0.25, 0.3) is 10.2 Å². The molecule has 0 aliphatic carbocycles. The first kappa shape index (κ1) is 15.6. The lowest BCUT2D eigenvalue weighted by Gasteiger charge is -2.09. The minimum atomic E-state index is -3.75. The zero-order valence-corrected chi connectivity index (χ0v) is 14.2. The normalized spacial score (nSPS) is 11.6. The highest BCUT2D eigenvalue weighted by Crippen LogP contribution is 2.26. The minimum Gasteiger partial charge on any atom is -0.295 e. The highest BCUT2D eigenvalue weighted by Gasteiger charge is 2.16. The topological polar surface area (TPSA) is 76.1 Å². The first-order chi connectivity index (χ1) is 10.8. The van der Waals surface area contributed by atoms with Crippen molar-refractivity contribution in [2.24, 2.45) is 0 Å². The summed E-state index contributed by atoms with van der Waals surface area (Å²) in [5.74, 6) is -0.177. The number of ketones is 1. The van der Waals surface area contributed by atoms with E-state index in [0.717, 1.165) is 15.2 Å². The van der Waals surface area contributed by atoms with Gasteiger partial charge in [0.25, 0.3) is 10.0 Å². The van der Waals surface area contributed by atoms with Crippen molar-refractivity contribution in [3.8, 4) is 0 Å². The highest BCUT2D eigenvalue weighted by atomic mass is 32.2. The van der Waals surface area contributed by atoms with Crippen molar-refractivity contribution in [2.75, 3.05) is 4.72 Å². The lowest BCUT2D eigenvalue weighted by molar-refractivity contribution is 0.101. The van der Waals surface area contributed by atoms with Gasteiger partial charge in [-0.2, -0.15) is 0 Å². The Morgan fingerprint density at radius 3 is 2.70 bits per heavy atom. The van der Waals surface area contributed by atoms with E-state index in [2.05, 4.69) is 9.71 Å². The maximum absolute atomic E-state index is 12.5. The number of fused-ring (bicyclic) bond motifs is 1. The molecule has 0 aliphatic heterocycles. The molecular weight excluding hydrogens is 332 g/mol. The summed E-state index contributed by atoms with van der Waals surface area (Å²) in [6.45, 7) is 3.31. The van der Waals surface area contributed by atoms with Crippen molar-refractivity contribution in [3.05, 3.63) is 53.0 Å². The maximum Gasteiger partial charge on any atom is 0.261 e. The van der Waals surface area contributed by atoms with Gasteiger partial charge in [0.05, 0.1) is 25.8 Å². The van der Waals surface area contributed by atoms with Gasteiger partial charge in [-0.3, -0.25) is 9.52 Å². The Kier molecular flexibility index (Phi) is 3.91. The van der Waals surface area contributed by atoms with Crippen molar-refractivity contribution >= 4 is 43.0 Å². The predicted octanol–water partition coefficient (Wildman–Crippen LogP) is 3.61. The highest BCUT2D eigenvalue weighted by molar-refractivity contribution is 7.92. The molecule has 0 bridgehead atoms. The monoisotopic (exact) mass is 346 g/mol. The van der Waals surface area contributed by atoms with E-state index >= 15 is 0 Å². The number of hydrogen-bond donors (Lipinski definition) is 1. The molecule has 0 fully saturated rings. The Balaban J connectivity index is 1.95. The van der Waals surface area contributed by atoms with Crippen molar-refractivity contribution < 1.29 is 13.2 Å². The summed E-state index contributed by atoms with van der Waals surface area (Å²) in [6.07, 6.45) is 0. The molecule has 1 aromatic heterocycles. The fourth-order valence-corrected chi connectivity index (χ4v) is 4.16. The summed E-state index contributed by atoms with van der Waals surface area (Å²) in [6, 6.07) is 11.2. The van der Waals surface area contributed by atoms with E-state index < -0.39 is 10.0 Å². The first-order valence-corrected chi connectivity index (χ1v) is 9.16. The molecule has 0 atom stereocenters. The average Bonchev–Trinajstić information content (AvgIpc) is 2.86. The number of aromatic nitrogens is 1. The van der Waals surface area contributed by atoms with E-state index in [1.807, 2.05) is 6.92 Å². The van der Waals surface area contributed by atoms with Crippen LogP contribution in [0, 0.1) is 6.92 Å². The van der Waals surface area contributed by atoms with Gasteiger partial charge in [0.2, 0.25) is 0 Å². The van der Waals surface area contributed by atoms with Crippen molar-refractivity contribution in [1.29, 1.82) is 0 Å². The first-order valence-electron chi connectivity index (χ1n) is 6.86. The third-order valence-electron chi connectivity index (χ3n) is 3.30. The van der Waals surface area contributed by atoms with E-state index in [1.165, 1.54) is 30.4 Å². The number of rotatable bonds is 4. The van der Waals surface area contributed by atoms with Gasteiger partial charge in [0.15, 0.2) is 5.78 Å². The summed E-state index contributed by atoms with van der Waals surface area (Å²) in [5, 5.41) is 0.925.